The predicted molar refractivity (Wildman–Crippen MR) is 177 cm³/mol. The van der Waals surface area contributed by atoms with E-state index < -0.39 is 0 Å². The predicted octanol–water partition coefficient (Wildman–Crippen LogP) is 11.0. The highest BCUT2D eigenvalue weighted by Gasteiger charge is 2.13. The summed E-state index contributed by atoms with van der Waals surface area (Å²) < 4.78 is 2.39. The van der Waals surface area contributed by atoms with Crippen LogP contribution in [0.1, 0.15) is 22.3 Å². The molecular formula is C40H35N. The maximum Gasteiger partial charge on any atom is 0.0543 e. The molecule has 0 fully saturated rings. The van der Waals surface area contributed by atoms with E-state index in [1.807, 2.05) is 0 Å². The van der Waals surface area contributed by atoms with Crippen LogP contribution in [0.15, 0.2) is 140 Å². The van der Waals surface area contributed by atoms with E-state index in [4.69, 9.17) is 0 Å². The van der Waals surface area contributed by atoms with Crippen molar-refractivity contribution in [3.8, 4) is 27.9 Å². The third kappa shape index (κ3) is 5.19. The van der Waals surface area contributed by atoms with Crippen LogP contribution in [0.4, 0.5) is 0 Å². The van der Waals surface area contributed by atoms with Gasteiger partial charge in [-0.25, -0.2) is 0 Å². The van der Waals surface area contributed by atoms with Crippen LogP contribution in [0, 0.1) is 27.7 Å². The zero-order chi connectivity index (χ0) is 28.3. The van der Waals surface area contributed by atoms with E-state index >= 15 is 0 Å². The van der Waals surface area contributed by atoms with Gasteiger partial charge in [0.25, 0.3) is 0 Å². The number of benzene rings is 6. The molecule has 1 nitrogen and oxygen atoms in total. The second kappa shape index (κ2) is 11.3. The Labute approximate surface area is 243 Å². The van der Waals surface area contributed by atoms with Gasteiger partial charge >= 0.3 is 0 Å². The van der Waals surface area contributed by atoms with Crippen LogP contribution in [0.2, 0.25) is 0 Å². The molecule has 200 valence electrons. The summed E-state index contributed by atoms with van der Waals surface area (Å²) in [6, 6.07) is 49.8. The third-order valence-corrected chi connectivity index (χ3v) is 7.94. The van der Waals surface area contributed by atoms with Crippen molar-refractivity contribution in [2.75, 3.05) is 0 Å². The molecule has 1 aromatic heterocycles. The van der Waals surface area contributed by atoms with Gasteiger partial charge < -0.3 is 4.57 Å². The highest BCUT2D eigenvalue weighted by Crippen LogP contribution is 2.35. The van der Waals surface area contributed by atoms with E-state index in [1.54, 1.807) is 0 Å². The van der Waals surface area contributed by atoms with Crippen LogP contribution < -0.4 is 0 Å². The summed E-state index contributed by atoms with van der Waals surface area (Å²) in [5, 5.41) is 2.65. The van der Waals surface area contributed by atoms with Crippen LogP contribution in [0.5, 0.6) is 0 Å². The first-order valence-electron chi connectivity index (χ1n) is 14.3. The molecule has 0 atom stereocenters. The topological polar surface area (TPSA) is 4.93 Å². The molecule has 0 unspecified atom stereocenters. The van der Waals surface area contributed by atoms with Crippen molar-refractivity contribution < 1.29 is 0 Å². The lowest BCUT2D eigenvalue weighted by molar-refractivity contribution is 1.18. The van der Waals surface area contributed by atoms with Gasteiger partial charge in [-0.15, -0.1) is 0 Å². The molecule has 0 aliphatic rings. The molecule has 1 heterocycles. The van der Waals surface area contributed by atoms with E-state index in [1.165, 1.54) is 72.0 Å². The summed E-state index contributed by atoms with van der Waals surface area (Å²) in [6.07, 6.45) is 0. The Kier molecular flexibility index (Phi) is 7.27. The number of aryl methyl sites for hydroxylation is 4. The molecule has 0 spiro atoms. The summed E-state index contributed by atoms with van der Waals surface area (Å²) >= 11 is 0. The molecule has 0 radical (unpaired) electrons. The first-order chi connectivity index (χ1) is 20.0. The zero-order valence-corrected chi connectivity index (χ0v) is 24.2. The van der Waals surface area contributed by atoms with Crippen molar-refractivity contribution >= 4 is 21.8 Å². The van der Waals surface area contributed by atoms with Gasteiger partial charge in [0.05, 0.1) is 11.0 Å². The van der Waals surface area contributed by atoms with E-state index in [0.717, 1.165) is 0 Å². The highest BCUT2D eigenvalue weighted by molar-refractivity contribution is 6.10. The average Bonchev–Trinajstić information content (AvgIpc) is 3.34. The van der Waals surface area contributed by atoms with Crippen molar-refractivity contribution in [2.45, 2.75) is 27.7 Å². The van der Waals surface area contributed by atoms with Crippen LogP contribution >= 0.6 is 0 Å². The molecule has 0 bridgehead atoms. The fourth-order valence-electron chi connectivity index (χ4n) is 5.88. The van der Waals surface area contributed by atoms with Crippen molar-refractivity contribution in [3.05, 3.63) is 162 Å². The number of aromatic nitrogens is 1. The Bertz CT molecular complexity index is 1950. The molecule has 0 amide bonds. The normalized spacial score (nSPS) is 10.9. The molecular weight excluding hydrogens is 494 g/mol. The molecule has 0 saturated heterocycles. The van der Waals surface area contributed by atoms with Gasteiger partial charge in [-0.2, -0.15) is 0 Å². The van der Waals surface area contributed by atoms with Crippen molar-refractivity contribution in [1.82, 2.24) is 4.57 Å². The minimum atomic E-state index is 1.20. The van der Waals surface area contributed by atoms with Crippen molar-refractivity contribution in [3.63, 3.8) is 0 Å². The lowest BCUT2D eigenvalue weighted by Gasteiger charge is -2.11. The number of rotatable bonds is 3. The molecule has 6 aromatic carbocycles. The number of para-hydroxylation sites is 1. The summed E-state index contributed by atoms with van der Waals surface area (Å²) in [4.78, 5) is 0. The molecule has 7 aromatic rings. The van der Waals surface area contributed by atoms with Gasteiger partial charge in [-0.3, -0.25) is 0 Å². The number of fused-ring (bicyclic) bond motifs is 3. The summed E-state index contributed by atoms with van der Waals surface area (Å²) in [5.74, 6) is 0. The quantitative estimate of drug-likeness (QED) is 0.214. The van der Waals surface area contributed by atoms with Gasteiger partial charge in [0, 0.05) is 16.5 Å². The minimum absolute atomic E-state index is 1.20. The Morgan fingerprint density at radius 3 is 1.63 bits per heavy atom. The van der Waals surface area contributed by atoms with E-state index in [0.29, 0.717) is 0 Å². The minimum Gasteiger partial charge on any atom is -0.309 e. The fraction of sp³-hybridized carbons (Fsp3) is 0.100. The average molecular weight is 530 g/mol. The SMILES string of the molecule is Cc1cccc(-c2cccc(-n3c4ccccc4c4c(C)cccc43)c2)c1.Cc1ccccc1-c1ccccc1C. The lowest BCUT2D eigenvalue weighted by Crippen LogP contribution is -1.94. The number of nitrogens with zero attached hydrogens (tertiary/aromatic N) is 1. The molecule has 0 aliphatic carbocycles. The van der Waals surface area contributed by atoms with Crippen molar-refractivity contribution in [2.24, 2.45) is 0 Å². The van der Waals surface area contributed by atoms with E-state index in [-0.39, 0.29) is 0 Å². The Hall–Kier alpha value is -4.88. The largest absolute Gasteiger partial charge is 0.309 e. The summed E-state index contributed by atoms with van der Waals surface area (Å²) in [6.45, 7) is 8.65. The van der Waals surface area contributed by atoms with Crippen LogP contribution in [0.25, 0.3) is 49.7 Å². The summed E-state index contributed by atoms with van der Waals surface area (Å²) in [5.41, 5.74) is 14.2. The van der Waals surface area contributed by atoms with E-state index in [9.17, 15) is 0 Å². The first-order valence-corrected chi connectivity index (χ1v) is 14.3. The number of hydrogen-bond acceptors (Lipinski definition) is 0. The second-order valence-corrected chi connectivity index (χ2v) is 10.9. The van der Waals surface area contributed by atoms with Crippen molar-refractivity contribution in [1.29, 1.82) is 0 Å². The van der Waals surface area contributed by atoms with Gasteiger partial charge in [-0.05, 0) is 90.9 Å². The molecule has 0 saturated carbocycles. The smallest absolute Gasteiger partial charge is 0.0543 e. The third-order valence-electron chi connectivity index (χ3n) is 7.94. The standard InChI is InChI=1S/C26H21N.C14H14/c1-18-8-5-10-20(16-18)21-11-7-12-22(17-21)27-24-14-4-3-13-23(24)26-19(2)9-6-15-25(26)27;1-11-7-3-5-9-13(11)14-10-6-4-8-12(14)2/h3-17H,1-2H3;3-10H,1-2H3. The van der Waals surface area contributed by atoms with Crippen LogP contribution in [0.3, 0.4) is 0 Å². The van der Waals surface area contributed by atoms with Gasteiger partial charge in [0.2, 0.25) is 0 Å². The molecule has 1 heteroatoms. The maximum atomic E-state index is 2.39. The van der Waals surface area contributed by atoms with Gasteiger partial charge in [0.1, 0.15) is 0 Å². The first kappa shape index (κ1) is 26.3. The summed E-state index contributed by atoms with van der Waals surface area (Å²) in [7, 11) is 0. The zero-order valence-electron chi connectivity index (χ0n) is 24.2. The van der Waals surface area contributed by atoms with E-state index in [2.05, 4.69) is 172 Å². The molecule has 7 rings (SSSR count). The Morgan fingerprint density at radius 1 is 0.415 bits per heavy atom. The number of hydrogen-bond donors (Lipinski definition) is 0. The van der Waals surface area contributed by atoms with Crippen LogP contribution in [-0.4, -0.2) is 4.57 Å². The maximum absolute atomic E-state index is 2.39. The molecule has 0 aliphatic heterocycles. The van der Waals surface area contributed by atoms with Gasteiger partial charge in [0.15, 0.2) is 0 Å². The fourth-order valence-corrected chi connectivity index (χ4v) is 5.88. The highest BCUT2D eigenvalue weighted by atomic mass is 15.0. The Morgan fingerprint density at radius 2 is 0.951 bits per heavy atom. The second-order valence-electron chi connectivity index (χ2n) is 10.9. The lowest BCUT2D eigenvalue weighted by atomic mass is 9.97. The Balaban J connectivity index is 0.000000182. The molecule has 41 heavy (non-hydrogen) atoms. The van der Waals surface area contributed by atoms with Gasteiger partial charge in [-0.1, -0.05) is 121 Å². The monoisotopic (exact) mass is 529 g/mol. The van der Waals surface area contributed by atoms with Crippen LogP contribution in [-0.2, 0) is 0 Å². The molecule has 0 N–H and O–H groups in total.